The molecule has 27 heavy (non-hydrogen) atoms. The third-order valence-electron chi connectivity index (χ3n) is 7.26. The van der Waals surface area contributed by atoms with Gasteiger partial charge in [-0.2, -0.15) is 0 Å². The molecule has 1 heterocycles. The summed E-state index contributed by atoms with van der Waals surface area (Å²) in [7, 11) is 0. The van der Waals surface area contributed by atoms with Crippen LogP contribution in [0, 0.1) is 17.8 Å². The standard InChI is InChI=1S/C24H23NO2/c26-22-20-11-18(24-12-15-8-16(13-24)10-17(9-15)14-24)6-7-21(20)27-23(22)25-19-4-2-1-3-5-19/h1-7,11,15-17H,8-10,12-14H2. The lowest BCUT2D eigenvalue weighted by Crippen LogP contribution is -2.48. The molecule has 5 aliphatic rings. The van der Waals surface area contributed by atoms with E-state index in [1.165, 1.54) is 44.1 Å². The van der Waals surface area contributed by atoms with Crippen LogP contribution in [0.2, 0.25) is 0 Å². The van der Waals surface area contributed by atoms with Gasteiger partial charge in [0.15, 0.2) is 0 Å². The number of Topliss-reactive ketones (excluding diaryl/α,β-unsaturated/α-hetero) is 1. The Bertz CT molecular complexity index is 924. The summed E-state index contributed by atoms with van der Waals surface area (Å²) in [6.45, 7) is 0. The van der Waals surface area contributed by atoms with Crippen molar-refractivity contribution in [2.75, 3.05) is 0 Å². The molecule has 3 nitrogen and oxygen atoms in total. The molecule has 2 aromatic carbocycles. The Labute approximate surface area is 159 Å². The van der Waals surface area contributed by atoms with E-state index in [4.69, 9.17) is 4.74 Å². The molecule has 0 N–H and O–H groups in total. The van der Waals surface area contributed by atoms with Gasteiger partial charge in [0.1, 0.15) is 5.75 Å². The fourth-order valence-corrected chi connectivity index (χ4v) is 6.55. The normalized spacial score (nSPS) is 34.7. The summed E-state index contributed by atoms with van der Waals surface area (Å²) < 4.78 is 5.80. The second-order valence-corrected chi connectivity index (χ2v) is 9.09. The van der Waals surface area contributed by atoms with E-state index in [1.54, 1.807) is 0 Å². The average Bonchev–Trinajstić information content (AvgIpc) is 2.97. The minimum absolute atomic E-state index is 0.0829. The molecule has 136 valence electrons. The van der Waals surface area contributed by atoms with Gasteiger partial charge >= 0.3 is 0 Å². The van der Waals surface area contributed by atoms with Gasteiger partial charge in [-0.25, -0.2) is 4.99 Å². The summed E-state index contributed by atoms with van der Waals surface area (Å²) in [5.74, 6) is 3.45. The lowest BCUT2D eigenvalue weighted by Gasteiger charge is -2.57. The fraction of sp³-hybridized carbons (Fsp3) is 0.417. The van der Waals surface area contributed by atoms with Crippen LogP contribution in [0.5, 0.6) is 5.75 Å². The Hall–Kier alpha value is -2.42. The van der Waals surface area contributed by atoms with Crippen LogP contribution in [0.15, 0.2) is 53.5 Å². The second-order valence-electron chi connectivity index (χ2n) is 9.09. The van der Waals surface area contributed by atoms with Crippen LogP contribution in [0.4, 0.5) is 5.69 Å². The van der Waals surface area contributed by atoms with Gasteiger partial charge in [0.2, 0.25) is 0 Å². The van der Waals surface area contributed by atoms with Crippen LogP contribution in [0.1, 0.15) is 54.4 Å². The van der Waals surface area contributed by atoms with Crippen LogP contribution in [0.3, 0.4) is 0 Å². The third-order valence-corrected chi connectivity index (χ3v) is 7.26. The maximum absolute atomic E-state index is 12.9. The van der Waals surface area contributed by atoms with Gasteiger partial charge in [-0.3, -0.25) is 4.79 Å². The first-order chi connectivity index (χ1) is 13.2. The number of aliphatic imine (C=N–C) groups is 1. The molecule has 0 unspecified atom stereocenters. The van der Waals surface area contributed by atoms with Gasteiger partial charge in [0.25, 0.3) is 11.7 Å². The van der Waals surface area contributed by atoms with Crippen LogP contribution in [-0.4, -0.2) is 11.7 Å². The van der Waals surface area contributed by atoms with E-state index in [9.17, 15) is 4.79 Å². The highest BCUT2D eigenvalue weighted by molar-refractivity contribution is 6.46. The summed E-state index contributed by atoms with van der Waals surface area (Å²) in [6.07, 6.45) is 8.20. The zero-order valence-corrected chi connectivity index (χ0v) is 15.4. The molecule has 0 aromatic heterocycles. The molecule has 0 radical (unpaired) electrons. The Morgan fingerprint density at radius 3 is 2.22 bits per heavy atom. The van der Waals surface area contributed by atoms with E-state index in [0.717, 1.165) is 23.4 Å². The lowest BCUT2D eigenvalue weighted by molar-refractivity contribution is -0.00520. The number of fused-ring (bicyclic) bond motifs is 1. The van der Waals surface area contributed by atoms with Crippen LogP contribution >= 0.6 is 0 Å². The lowest BCUT2D eigenvalue weighted by atomic mass is 9.48. The molecule has 4 aliphatic carbocycles. The molecule has 3 heteroatoms. The molecule has 0 amide bonds. The Morgan fingerprint density at radius 2 is 1.56 bits per heavy atom. The highest BCUT2D eigenvalue weighted by Gasteiger charge is 2.51. The maximum atomic E-state index is 12.9. The minimum Gasteiger partial charge on any atom is -0.435 e. The number of carbonyl (C=O) groups is 1. The van der Waals surface area contributed by atoms with Crippen molar-refractivity contribution in [2.45, 2.75) is 43.9 Å². The number of hydrogen-bond acceptors (Lipinski definition) is 3. The molecule has 0 atom stereocenters. The summed E-state index contributed by atoms with van der Waals surface area (Å²) in [5.41, 5.74) is 3.09. The highest BCUT2D eigenvalue weighted by Crippen LogP contribution is 2.61. The van der Waals surface area contributed by atoms with Crippen LogP contribution in [-0.2, 0) is 5.41 Å². The number of ketones is 1. The predicted molar refractivity (Wildman–Crippen MR) is 105 cm³/mol. The van der Waals surface area contributed by atoms with Gasteiger partial charge < -0.3 is 4.74 Å². The van der Waals surface area contributed by atoms with Crippen molar-refractivity contribution >= 4 is 17.4 Å². The van der Waals surface area contributed by atoms with E-state index in [-0.39, 0.29) is 11.7 Å². The van der Waals surface area contributed by atoms with Crippen molar-refractivity contribution in [3.63, 3.8) is 0 Å². The van der Waals surface area contributed by atoms with Crippen molar-refractivity contribution in [3.8, 4) is 5.75 Å². The van der Waals surface area contributed by atoms with E-state index >= 15 is 0 Å². The number of nitrogens with zero attached hydrogens (tertiary/aromatic N) is 1. The third kappa shape index (κ3) is 2.40. The second kappa shape index (κ2) is 5.54. The molecule has 4 bridgehead atoms. The number of para-hydroxylation sites is 1. The number of carbonyl (C=O) groups excluding carboxylic acids is 1. The van der Waals surface area contributed by atoms with Crippen molar-refractivity contribution in [3.05, 3.63) is 59.7 Å². The fourth-order valence-electron chi connectivity index (χ4n) is 6.55. The van der Waals surface area contributed by atoms with Gasteiger partial charge in [-0.15, -0.1) is 0 Å². The number of hydrogen-bond donors (Lipinski definition) is 0. The van der Waals surface area contributed by atoms with Crippen LogP contribution < -0.4 is 4.74 Å². The minimum atomic E-state index is -0.0829. The topological polar surface area (TPSA) is 38.7 Å². The summed E-state index contributed by atoms with van der Waals surface area (Å²) in [4.78, 5) is 17.3. The summed E-state index contributed by atoms with van der Waals surface area (Å²) >= 11 is 0. The monoisotopic (exact) mass is 357 g/mol. The number of rotatable bonds is 2. The molecule has 4 fully saturated rings. The quantitative estimate of drug-likeness (QED) is 0.716. The first kappa shape index (κ1) is 15.6. The first-order valence-corrected chi connectivity index (χ1v) is 10.2. The maximum Gasteiger partial charge on any atom is 0.269 e. The molecule has 4 saturated carbocycles. The highest BCUT2D eigenvalue weighted by atomic mass is 16.5. The van der Waals surface area contributed by atoms with Crippen molar-refractivity contribution in [2.24, 2.45) is 22.7 Å². The van der Waals surface area contributed by atoms with E-state index in [0.29, 0.717) is 16.7 Å². The largest absolute Gasteiger partial charge is 0.435 e. The van der Waals surface area contributed by atoms with Gasteiger partial charge in [0.05, 0.1) is 11.3 Å². The van der Waals surface area contributed by atoms with Crippen LogP contribution in [0.25, 0.3) is 0 Å². The molecular weight excluding hydrogens is 334 g/mol. The average molecular weight is 357 g/mol. The smallest absolute Gasteiger partial charge is 0.269 e. The Kier molecular flexibility index (Phi) is 3.21. The Morgan fingerprint density at radius 1 is 0.889 bits per heavy atom. The molecule has 0 saturated heterocycles. The van der Waals surface area contributed by atoms with E-state index < -0.39 is 0 Å². The zero-order valence-electron chi connectivity index (χ0n) is 15.4. The van der Waals surface area contributed by atoms with E-state index in [2.05, 4.69) is 17.1 Å². The SMILES string of the molecule is O=C1C(=Nc2ccccc2)Oc2ccc(C34CC5CC(CC(C5)C3)C4)cc21. The van der Waals surface area contributed by atoms with Crippen molar-refractivity contribution in [1.82, 2.24) is 0 Å². The molecule has 2 aromatic rings. The van der Waals surface area contributed by atoms with Crippen molar-refractivity contribution in [1.29, 1.82) is 0 Å². The van der Waals surface area contributed by atoms with E-state index in [1.807, 2.05) is 36.4 Å². The van der Waals surface area contributed by atoms with Gasteiger partial charge in [0, 0.05) is 0 Å². The van der Waals surface area contributed by atoms with Gasteiger partial charge in [-0.1, -0.05) is 24.3 Å². The molecule has 7 rings (SSSR count). The number of ether oxygens (including phenoxy) is 1. The first-order valence-electron chi connectivity index (χ1n) is 10.2. The van der Waals surface area contributed by atoms with Crippen molar-refractivity contribution < 1.29 is 9.53 Å². The van der Waals surface area contributed by atoms with Gasteiger partial charge in [-0.05, 0) is 91.5 Å². The predicted octanol–water partition coefficient (Wildman–Crippen LogP) is 5.46. The summed E-state index contributed by atoms with van der Waals surface area (Å²) in [6, 6.07) is 15.9. The Balaban J connectivity index is 1.36. The molecule has 1 aliphatic heterocycles. The molecule has 0 spiro atoms. The summed E-state index contributed by atoms with van der Waals surface area (Å²) in [5, 5.41) is 0. The zero-order chi connectivity index (χ0) is 18.0. The molecular formula is C24H23NO2. The number of benzene rings is 2.